The molecular weight excluding hydrogens is 240 g/mol. The van der Waals surface area contributed by atoms with Crippen LogP contribution in [0.15, 0.2) is 53.7 Å². The van der Waals surface area contributed by atoms with Crippen LogP contribution in [0.5, 0.6) is 0 Å². The molecule has 3 heteroatoms. The number of thioether (sulfide) groups is 1. The highest BCUT2D eigenvalue weighted by molar-refractivity contribution is 7.98. The summed E-state index contributed by atoms with van der Waals surface area (Å²) in [6, 6.07) is 13.1. The van der Waals surface area contributed by atoms with E-state index in [-0.39, 0.29) is 0 Å². The molecule has 0 amide bonds. The minimum absolute atomic E-state index is 0.318. The third kappa shape index (κ3) is 3.59. The second kappa shape index (κ2) is 6.57. The van der Waals surface area contributed by atoms with Crippen LogP contribution < -0.4 is 5.32 Å². The van der Waals surface area contributed by atoms with Crippen LogP contribution in [0.1, 0.15) is 24.1 Å². The largest absolute Gasteiger partial charge is 0.306 e. The summed E-state index contributed by atoms with van der Waals surface area (Å²) >= 11 is 1.77. The molecule has 18 heavy (non-hydrogen) atoms. The number of benzene rings is 1. The van der Waals surface area contributed by atoms with Gasteiger partial charge in [-0.1, -0.05) is 18.2 Å². The molecule has 94 valence electrons. The Morgan fingerprint density at radius 1 is 1.22 bits per heavy atom. The van der Waals surface area contributed by atoms with Crippen LogP contribution in [0, 0.1) is 0 Å². The van der Waals surface area contributed by atoms with Gasteiger partial charge in [0.25, 0.3) is 0 Å². The van der Waals surface area contributed by atoms with E-state index < -0.39 is 0 Å². The van der Waals surface area contributed by atoms with Crippen molar-refractivity contribution in [3.8, 4) is 0 Å². The fourth-order valence-corrected chi connectivity index (χ4v) is 2.17. The van der Waals surface area contributed by atoms with Gasteiger partial charge >= 0.3 is 0 Å². The van der Waals surface area contributed by atoms with Crippen molar-refractivity contribution >= 4 is 11.8 Å². The summed E-state index contributed by atoms with van der Waals surface area (Å²) in [5, 5.41) is 3.51. The standard InChI is InChI=1S/C15H18N2S/c1-12(14-4-3-9-16-11-14)17-10-13-5-7-15(18-2)8-6-13/h3-9,11-12,17H,10H2,1-2H3. The molecule has 2 rings (SSSR count). The lowest BCUT2D eigenvalue weighted by Gasteiger charge is -2.13. The molecule has 0 bridgehead atoms. The number of nitrogens with one attached hydrogen (secondary N) is 1. The molecule has 2 aromatic rings. The van der Waals surface area contributed by atoms with Gasteiger partial charge in [-0.3, -0.25) is 4.98 Å². The molecule has 0 aliphatic heterocycles. The lowest BCUT2D eigenvalue weighted by molar-refractivity contribution is 0.573. The number of nitrogens with zero attached hydrogens (tertiary/aromatic N) is 1. The van der Waals surface area contributed by atoms with Crippen molar-refractivity contribution < 1.29 is 0 Å². The van der Waals surface area contributed by atoms with E-state index in [1.807, 2.05) is 12.3 Å². The molecule has 0 fully saturated rings. The van der Waals surface area contributed by atoms with Crippen molar-refractivity contribution in [1.29, 1.82) is 0 Å². The summed E-state index contributed by atoms with van der Waals surface area (Å²) in [5.74, 6) is 0. The molecular formula is C15H18N2S. The van der Waals surface area contributed by atoms with Crippen LogP contribution in [0.4, 0.5) is 0 Å². The van der Waals surface area contributed by atoms with Gasteiger partial charge in [-0.2, -0.15) is 0 Å². The lowest BCUT2D eigenvalue weighted by Crippen LogP contribution is -2.18. The van der Waals surface area contributed by atoms with E-state index in [9.17, 15) is 0 Å². The van der Waals surface area contributed by atoms with E-state index in [0.29, 0.717) is 6.04 Å². The van der Waals surface area contributed by atoms with E-state index in [2.05, 4.69) is 53.8 Å². The van der Waals surface area contributed by atoms with Crippen molar-refractivity contribution in [1.82, 2.24) is 10.3 Å². The Hall–Kier alpha value is -1.32. The highest BCUT2D eigenvalue weighted by Gasteiger charge is 2.04. The van der Waals surface area contributed by atoms with Crippen molar-refractivity contribution in [2.45, 2.75) is 24.4 Å². The first-order valence-corrected chi connectivity index (χ1v) is 7.28. The number of pyridine rings is 1. The third-order valence-corrected chi connectivity index (χ3v) is 3.70. The Morgan fingerprint density at radius 3 is 2.61 bits per heavy atom. The van der Waals surface area contributed by atoms with Crippen LogP contribution in [-0.4, -0.2) is 11.2 Å². The molecule has 0 aliphatic carbocycles. The topological polar surface area (TPSA) is 24.9 Å². The van der Waals surface area contributed by atoms with Gasteiger partial charge in [-0.15, -0.1) is 11.8 Å². The summed E-state index contributed by atoms with van der Waals surface area (Å²) < 4.78 is 0. The zero-order chi connectivity index (χ0) is 12.8. The van der Waals surface area contributed by atoms with Crippen molar-refractivity contribution in [3.63, 3.8) is 0 Å². The van der Waals surface area contributed by atoms with Crippen molar-refractivity contribution in [2.24, 2.45) is 0 Å². The number of hydrogen-bond donors (Lipinski definition) is 1. The van der Waals surface area contributed by atoms with Gasteiger partial charge < -0.3 is 5.32 Å². The first kappa shape index (κ1) is 13.1. The van der Waals surface area contributed by atoms with E-state index in [0.717, 1.165) is 6.54 Å². The molecule has 0 spiro atoms. The van der Waals surface area contributed by atoms with Gasteiger partial charge in [0, 0.05) is 29.9 Å². The SMILES string of the molecule is CSc1ccc(CNC(C)c2cccnc2)cc1. The minimum atomic E-state index is 0.318. The van der Waals surface area contributed by atoms with Gasteiger partial charge in [0.1, 0.15) is 0 Å². The average Bonchev–Trinajstić information content (AvgIpc) is 2.46. The fourth-order valence-electron chi connectivity index (χ4n) is 1.76. The van der Waals surface area contributed by atoms with Crippen LogP contribution in [0.3, 0.4) is 0 Å². The Bertz CT molecular complexity index is 468. The first-order valence-electron chi connectivity index (χ1n) is 6.06. The zero-order valence-corrected chi connectivity index (χ0v) is 11.6. The van der Waals surface area contributed by atoms with E-state index in [1.165, 1.54) is 16.0 Å². The Kier molecular flexibility index (Phi) is 4.79. The number of aromatic nitrogens is 1. The number of hydrogen-bond acceptors (Lipinski definition) is 3. The molecule has 0 saturated heterocycles. The van der Waals surface area contributed by atoms with Gasteiger partial charge in [0.2, 0.25) is 0 Å². The predicted molar refractivity (Wildman–Crippen MR) is 77.7 cm³/mol. The summed E-state index contributed by atoms with van der Waals surface area (Å²) in [5.41, 5.74) is 2.53. The van der Waals surface area contributed by atoms with Crippen molar-refractivity contribution in [3.05, 3.63) is 59.9 Å². The molecule has 1 aromatic heterocycles. The summed E-state index contributed by atoms with van der Waals surface area (Å²) in [6.07, 6.45) is 5.81. The third-order valence-electron chi connectivity index (χ3n) is 2.96. The summed E-state index contributed by atoms with van der Waals surface area (Å²) in [4.78, 5) is 5.45. The van der Waals surface area contributed by atoms with Crippen LogP contribution >= 0.6 is 11.8 Å². The molecule has 2 nitrogen and oxygen atoms in total. The molecule has 1 heterocycles. The van der Waals surface area contributed by atoms with E-state index in [4.69, 9.17) is 0 Å². The van der Waals surface area contributed by atoms with Gasteiger partial charge in [-0.05, 0) is 42.5 Å². The van der Waals surface area contributed by atoms with Gasteiger partial charge in [0.15, 0.2) is 0 Å². The normalized spacial score (nSPS) is 12.3. The monoisotopic (exact) mass is 258 g/mol. The van der Waals surface area contributed by atoms with E-state index in [1.54, 1.807) is 18.0 Å². The first-order chi connectivity index (χ1) is 8.79. The second-order valence-corrected chi connectivity index (χ2v) is 5.12. The van der Waals surface area contributed by atoms with Gasteiger partial charge in [0.05, 0.1) is 0 Å². The van der Waals surface area contributed by atoms with E-state index >= 15 is 0 Å². The molecule has 1 aromatic carbocycles. The highest BCUT2D eigenvalue weighted by atomic mass is 32.2. The van der Waals surface area contributed by atoms with Crippen LogP contribution in [-0.2, 0) is 6.54 Å². The zero-order valence-electron chi connectivity index (χ0n) is 10.8. The highest BCUT2D eigenvalue weighted by Crippen LogP contribution is 2.16. The summed E-state index contributed by atoms with van der Waals surface area (Å²) in [7, 11) is 0. The Labute approximate surface area is 113 Å². The quantitative estimate of drug-likeness (QED) is 0.829. The number of rotatable bonds is 5. The lowest BCUT2D eigenvalue weighted by atomic mass is 10.1. The van der Waals surface area contributed by atoms with Gasteiger partial charge in [-0.25, -0.2) is 0 Å². The van der Waals surface area contributed by atoms with Crippen LogP contribution in [0.25, 0.3) is 0 Å². The molecule has 1 atom stereocenters. The predicted octanol–water partition coefficient (Wildman–Crippen LogP) is 3.65. The maximum atomic E-state index is 4.14. The van der Waals surface area contributed by atoms with Crippen molar-refractivity contribution in [2.75, 3.05) is 6.26 Å². The molecule has 0 aliphatic rings. The Morgan fingerprint density at radius 2 is 2.00 bits per heavy atom. The van der Waals surface area contributed by atoms with Crippen LogP contribution in [0.2, 0.25) is 0 Å². The molecule has 0 radical (unpaired) electrons. The Balaban J connectivity index is 1.91. The fraction of sp³-hybridized carbons (Fsp3) is 0.267. The maximum Gasteiger partial charge on any atom is 0.0315 e. The minimum Gasteiger partial charge on any atom is -0.306 e. The maximum absolute atomic E-state index is 4.14. The molecule has 1 unspecified atom stereocenters. The molecule has 0 saturated carbocycles. The second-order valence-electron chi connectivity index (χ2n) is 4.24. The molecule has 1 N–H and O–H groups in total. The smallest absolute Gasteiger partial charge is 0.0315 e. The summed E-state index contributed by atoms with van der Waals surface area (Å²) in [6.45, 7) is 3.04. The average molecular weight is 258 g/mol.